The first-order valence-corrected chi connectivity index (χ1v) is 8.30. The standard InChI is InChI=1S/C19H22BNO4/c1-19(2,3)18(22)21-11-13-4-6-15(7-5-13)25-16-8-9-17-14(10-16)12-24-20(17)23/h4-10,23H,11-12H2,1-3H3,(H,21,22). The molecule has 0 radical (unpaired) electrons. The lowest BCUT2D eigenvalue weighted by Gasteiger charge is -2.17. The molecule has 1 aliphatic rings. The van der Waals surface area contributed by atoms with Gasteiger partial charge in [-0.15, -0.1) is 0 Å². The first kappa shape index (κ1) is 17.5. The molecule has 5 nitrogen and oxygen atoms in total. The molecule has 0 aliphatic carbocycles. The number of nitrogens with one attached hydrogen (secondary N) is 1. The maximum Gasteiger partial charge on any atom is 0.491 e. The van der Waals surface area contributed by atoms with Crippen LogP contribution in [0, 0.1) is 5.41 Å². The fourth-order valence-corrected chi connectivity index (χ4v) is 2.53. The van der Waals surface area contributed by atoms with Crippen molar-refractivity contribution in [3.05, 3.63) is 53.6 Å². The molecule has 6 heteroatoms. The Bertz CT molecular complexity index is 768. The molecule has 1 amide bonds. The molecule has 130 valence electrons. The Labute approximate surface area is 148 Å². The van der Waals surface area contributed by atoms with Crippen LogP contribution in [0.1, 0.15) is 31.9 Å². The van der Waals surface area contributed by atoms with E-state index in [1.54, 1.807) is 0 Å². The van der Waals surface area contributed by atoms with Crippen molar-refractivity contribution in [1.82, 2.24) is 5.32 Å². The first-order chi connectivity index (χ1) is 11.8. The van der Waals surface area contributed by atoms with Gasteiger partial charge in [0.1, 0.15) is 11.5 Å². The summed E-state index contributed by atoms with van der Waals surface area (Å²) >= 11 is 0. The van der Waals surface area contributed by atoms with Crippen LogP contribution in [-0.4, -0.2) is 18.0 Å². The average Bonchev–Trinajstić information content (AvgIpc) is 2.94. The quantitative estimate of drug-likeness (QED) is 0.840. The van der Waals surface area contributed by atoms with E-state index in [2.05, 4.69) is 5.32 Å². The van der Waals surface area contributed by atoms with Gasteiger partial charge in [0.25, 0.3) is 0 Å². The molecular formula is C19H22BNO4. The third-order valence-corrected chi connectivity index (χ3v) is 4.07. The fraction of sp³-hybridized carbons (Fsp3) is 0.316. The van der Waals surface area contributed by atoms with E-state index in [1.807, 2.05) is 63.2 Å². The number of fused-ring (bicyclic) bond motifs is 1. The lowest BCUT2D eigenvalue weighted by atomic mass is 9.80. The number of hydrogen-bond donors (Lipinski definition) is 2. The molecule has 0 spiro atoms. The molecule has 1 heterocycles. The Morgan fingerprint density at radius 1 is 1.20 bits per heavy atom. The number of ether oxygens (including phenoxy) is 1. The van der Waals surface area contributed by atoms with Gasteiger partial charge in [0, 0.05) is 12.0 Å². The number of amides is 1. The molecule has 2 aromatic rings. The molecule has 0 aromatic heterocycles. The summed E-state index contributed by atoms with van der Waals surface area (Å²) in [6.45, 7) is 6.55. The minimum Gasteiger partial charge on any atom is -0.457 e. The summed E-state index contributed by atoms with van der Waals surface area (Å²) in [6.07, 6.45) is 0. The van der Waals surface area contributed by atoms with Crippen LogP contribution in [0.5, 0.6) is 11.5 Å². The first-order valence-electron chi connectivity index (χ1n) is 8.30. The second kappa shape index (κ2) is 6.90. The van der Waals surface area contributed by atoms with Crippen LogP contribution in [0.25, 0.3) is 0 Å². The fourth-order valence-electron chi connectivity index (χ4n) is 2.53. The molecule has 0 atom stereocenters. The molecule has 0 saturated carbocycles. The van der Waals surface area contributed by atoms with Crippen molar-refractivity contribution in [1.29, 1.82) is 0 Å². The van der Waals surface area contributed by atoms with Gasteiger partial charge < -0.3 is 19.7 Å². The van der Waals surface area contributed by atoms with E-state index in [-0.39, 0.29) is 5.91 Å². The third-order valence-electron chi connectivity index (χ3n) is 4.07. The number of carbonyl (C=O) groups excluding carboxylic acids is 1. The van der Waals surface area contributed by atoms with Crippen molar-refractivity contribution in [3.8, 4) is 11.5 Å². The Morgan fingerprint density at radius 3 is 2.56 bits per heavy atom. The molecular weight excluding hydrogens is 317 g/mol. The Hall–Kier alpha value is -2.31. The number of benzene rings is 2. The second-order valence-electron chi connectivity index (χ2n) is 7.20. The Kier molecular flexibility index (Phi) is 4.83. The van der Waals surface area contributed by atoms with E-state index in [4.69, 9.17) is 9.39 Å². The maximum atomic E-state index is 11.9. The van der Waals surface area contributed by atoms with Crippen LogP contribution in [-0.2, 0) is 22.6 Å². The van der Waals surface area contributed by atoms with Crippen LogP contribution in [0.2, 0.25) is 0 Å². The number of rotatable bonds is 4. The molecule has 2 aromatic carbocycles. The Morgan fingerprint density at radius 2 is 1.88 bits per heavy atom. The zero-order valence-corrected chi connectivity index (χ0v) is 14.7. The van der Waals surface area contributed by atoms with Gasteiger partial charge in [-0.25, -0.2) is 0 Å². The van der Waals surface area contributed by atoms with Crippen molar-refractivity contribution < 1.29 is 19.2 Å². The molecule has 0 bridgehead atoms. The highest BCUT2D eigenvalue weighted by molar-refractivity contribution is 6.61. The van der Waals surface area contributed by atoms with Crippen LogP contribution in [0.3, 0.4) is 0 Å². The lowest BCUT2D eigenvalue weighted by Crippen LogP contribution is -2.34. The topological polar surface area (TPSA) is 67.8 Å². The normalized spacial score (nSPS) is 13.5. The molecule has 3 rings (SSSR count). The lowest BCUT2D eigenvalue weighted by molar-refractivity contribution is -0.128. The van der Waals surface area contributed by atoms with E-state index in [0.29, 0.717) is 24.7 Å². The largest absolute Gasteiger partial charge is 0.491 e. The zero-order valence-electron chi connectivity index (χ0n) is 14.7. The summed E-state index contributed by atoms with van der Waals surface area (Å²) in [5, 5.41) is 12.6. The van der Waals surface area contributed by atoms with Gasteiger partial charge in [0.2, 0.25) is 5.91 Å². The summed E-state index contributed by atoms with van der Waals surface area (Å²) in [5.41, 5.74) is 2.34. The SMILES string of the molecule is CC(C)(C)C(=O)NCc1ccc(Oc2ccc3c(c2)COB3O)cc1. The highest BCUT2D eigenvalue weighted by atomic mass is 16.5. The highest BCUT2D eigenvalue weighted by Gasteiger charge is 2.27. The summed E-state index contributed by atoms with van der Waals surface area (Å²) in [7, 11) is -0.841. The Balaban J connectivity index is 1.61. The maximum absolute atomic E-state index is 11.9. The van der Waals surface area contributed by atoms with Gasteiger partial charge in [-0.05, 0) is 40.9 Å². The molecule has 0 unspecified atom stereocenters. The summed E-state index contributed by atoms with van der Waals surface area (Å²) in [4.78, 5) is 11.9. The van der Waals surface area contributed by atoms with Crippen molar-refractivity contribution in [3.63, 3.8) is 0 Å². The minimum atomic E-state index is -0.841. The van der Waals surface area contributed by atoms with Crippen LogP contribution in [0.4, 0.5) is 0 Å². The number of hydrogen-bond acceptors (Lipinski definition) is 4. The molecule has 1 aliphatic heterocycles. The third kappa shape index (κ3) is 4.21. The molecule has 0 saturated heterocycles. The van der Waals surface area contributed by atoms with Crippen LogP contribution >= 0.6 is 0 Å². The predicted molar refractivity (Wildman–Crippen MR) is 96.7 cm³/mol. The second-order valence-corrected chi connectivity index (χ2v) is 7.20. The van der Waals surface area contributed by atoms with Gasteiger partial charge in [0.05, 0.1) is 6.61 Å². The van der Waals surface area contributed by atoms with Crippen LogP contribution < -0.4 is 15.5 Å². The smallest absolute Gasteiger partial charge is 0.457 e. The van der Waals surface area contributed by atoms with Gasteiger partial charge in [0.15, 0.2) is 0 Å². The molecule has 2 N–H and O–H groups in total. The van der Waals surface area contributed by atoms with E-state index in [0.717, 1.165) is 16.6 Å². The summed E-state index contributed by atoms with van der Waals surface area (Å²) < 4.78 is 11.0. The van der Waals surface area contributed by atoms with E-state index in [9.17, 15) is 9.82 Å². The van der Waals surface area contributed by atoms with E-state index >= 15 is 0 Å². The van der Waals surface area contributed by atoms with Crippen molar-refractivity contribution in [2.24, 2.45) is 5.41 Å². The van der Waals surface area contributed by atoms with Crippen LogP contribution in [0.15, 0.2) is 42.5 Å². The molecule has 0 fully saturated rings. The monoisotopic (exact) mass is 339 g/mol. The average molecular weight is 339 g/mol. The van der Waals surface area contributed by atoms with E-state index < -0.39 is 12.5 Å². The highest BCUT2D eigenvalue weighted by Crippen LogP contribution is 2.24. The van der Waals surface area contributed by atoms with Gasteiger partial charge in [-0.1, -0.05) is 39.0 Å². The van der Waals surface area contributed by atoms with Crippen molar-refractivity contribution >= 4 is 18.5 Å². The van der Waals surface area contributed by atoms with Crippen molar-refractivity contribution in [2.45, 2.75) is 33.9 Å². The van der Waals surface area contributed by atoms with Gasteiger partial charge in [-0.2, -0.15) is 0 Å². The number of carbonyl (C=O) groups is 1. The summed E-state index contributed by atoms with van der Waals surface area (Å²) in [5.74, 6) is 1.44. The summed E-state index contributed by atoms with van der Waals surface area (Å²) in [6, 6.07) is 13.1. The predicted octanol–water partition coefficient (Wildman–Crippen LogP) is 2.36. The van der Waals surface area contributed by atoms with Crippen molar-refractivity contribution in [2.75, 3.05) is 0 Å². The zero-order chi connectivity index (χ0) is 18.0. The van der Waals surface area contributed by atoms with Gasteiger partial charge >= 0.3 is 7.12 Å². The van der Waals surface area contributed by atoms with Gasteiger partial charge in [-0.3, -0.25) is 4.79 Å². The minimum absolute atomic E-state index is 0.0235. The van der Waals surface area contributed by atoms with E-state index in [1.165, 1.54) is 0 Å². The molecule has 25 heavy (non-hydrogen) atoms.